The third-order valence-corrected chi connectivity index (χ3v) is 5.16. The average Bonchev–Trinajstić information content (AvgIpc) is 2.65. The number of methoxy groups -OCH3 is 1. The van der Waals surface area contributed by atoms with Gasteiger partial charge in [-0.25, -0.2) is 0 Å². The van der Waals surface area contributed by atoms with Gasteiger partial charge >= 0.3 is 0 Å². The van der Waals surface area contributed by atoms with Crippen LogP contribution in [0, 0.1) is 5.92 Å². The van der Waals surface area contributed by atoms with Gasteiger partial charge in [0.05, 0.1) is 13.0 Å². The smallest absolute Gasteiger partial charge is 0.224 e. The molecule has 144 valence electrons. The number of likely N-dealkylation sites (tertiary alicyclic amines) is 1. The molecule has 1 heterocycles. The molecule has 0 aliphatic carbocycles. The highest BCUT2D eigenvalue weighted by Gasteiger charge is 2.22. The maximum Gasteiger partial charge on any atom is 0.224 e. The van der Waals surface area contributed by atoms with E-state index in [-0.39, 0.29) is 11.8 Å². The largest absolute Gasteiger partial charge is 0.384 e. The zero-order valence-corrected chi connectivity index (χ0v) is 16.4. The molecule has 0 unspecified atom stereocenters. The fraction of sp³-hybridized carbons (Fsp3) is 0.619. The van der Waals surface area contributed by atoms with Gasteiger partial charge in [-0.1, -0.05) is 24.3 Å². The van der Waals surface area contributed by atoms with E-state index in [1.165, 1.54) is 11.1 Å². The van der Waals surface area contributed by atoms with Crippen LogP contribution in [-0.4, -0.2) is 62.5 Å². The fourth-order valence-electron chi connectivity index (χ4n) is 3.38. The van der Waals surface area contributed by atoms with Gasteiger partial charge in [0.1, 0.15) is 0 Å². The van der Waals surface area contributed by atoms with Crippen molar-refractivity contribution in [3.05, 3.63) is 35.4 Å². The second-order valence-corrected chi connectivity index (χ2v) is 7.38. The summed E-state index contributed by atoms with van der Waals surface area (Å²) in [6, 6.07) is 8.65. The first kappa shape index (κ1) is 20.4. The van der Waals surface area contributed by atoms with Crippen LogP contribution in [0.2, 0.25) is 0 Å². The van der Waals surface area contributed by atoms with E-state index in [4.69, 9.17) is 4.74 Å². The number of aryl methyl sites for hydroxylation is 1. The second-order valence-electron chi connectivity index (χ2n) is 7.38. The molecular weight excluding hydrogens is 328 g/mol. The van der Waals surface area contributed by atoms with Gasteiger partial charge in [0.15, 0.2) is 0 Å². The van der Waals surface area contributed by atoms with Crippen LogP contribution >= 0.6 is 0 Å². The standard InChI is InChI=1S/C21H32N2O3/c1-22(2)20(24)9-8-17-4-6-18(7-5-17)16-19-10-13-23(14-11-19)21(25)12-15-26-3/h4-7,19H,8-16H2,1-3H3. The lowest BCUT2D eigenvalue weighted by molar-refractivity contribution is -0.133. The number of amides is 2. The van der Waals surface area contributed by atoms with Crippen LogP contribution in [0.15, 0.2) is 24.3 Å². The topological polar surface area (TPSA) is 49.9 Å². The SMILES string of the molecule is COCCC(=O)N1CCC(Cc2ccc(CCC(=O)N(C)C)cc2)CC1. The van der Waals surface area contributed by atoms with Gasteiger partial charge in [-0.2, -0.15) is 0 Å². The number of hydrogen-bond acceptors (Lipinski definition) is 3. The molecule has 0 atom stereocenters. The van der Waals surface area contributed by atoms with Crippen molar-refractivity contribution in [2.45, 2.75) is 38.5 Å². The fourth-order valence-corrected chi connectivity index (χ4v) is 3.38. The Bertz CT molecular complexity index is 575. The molecule has 0 N–H and O–H groups in total. The maximum absolute atomic E-state index is 12.0. The monoisotopic (exact) mass is 360 g/mol. The zero-order chi connectivity index (χ0) is 18.9. The molecule has 1 aromatic carbocycles. The summed E-state index contributed by atoms with van der Waals surface area (Å²) < 4.78 is 4.99. The number of carbonyl (C=O) groups excluding carboxylic acids is 2. The van der Waals surface area contributed by atoms with Crippen LogP contribution in [0.3, 0.4) is 0 Å². The van der Waals surface area contributed by atoms with Gasteiger partial charge in [-0.3, -0.25) is 9.59 Å². The molecule has 0 bridgehead atoms. The summed E-state index contributed by atoms with van der Waals surface area (Å²) in [4.78, 5) is 27.3. The van der Waals surface area contributed by atoms with Crippen molar-refractivity contribution < 1.29 is 14.3 Å². The summed E-state index contributed by atoms with van der Waals surface area (Å²) in [5, 5.41) is 0. The summed E-state index contributed by atoms with van der Waals surface area (Å²) in [7, 11) is 5.22. The Morgan fingerprint density at radius 3 is 2.27 bits per heavy atom. The van der Waals surface area contributed by atoms with Gasteiger partial charge in [-0.15, -0.1) is 0 Å². The van der Waals surface area contributed by atoms with Gasteiger partial charge in [-0.05, 0) is 42.7 Å². The summed E-state index contributed by atoms with van der Waals surface area (Å²) in [5.74, 6) is 1.02. The van der Waals surface area contributed by atoms with E-state index in [9.17, 15) is 9.59 Å². The molecule has 2 rings (SSSR count). The molecule has 1 aromatic rings. The summed E-state index contributed by atoms with van der Waals surface area (Å²) in [6.07, 6.45) is 5.03. The number of benzene rings is 1. The average molecular weight is 360 g/mol. The Kier molecular flexibility index (Phi) is 8.10. The molecule has 1 aliphatic rings. The molecule has 0 radical (unpaired) electrons. The second kappa shape index (κ2) is 10.3. The molecule has 1 saturated heterocycles. The van der Waals surface area contributed by atoms with Crippen LogP contribution < -0.4 is 0 Å². The number of carbonyl (C=O) groups is 2. The maximum atomic E-state index is 12.0. The summed E-state index contributed by atoms with van der Waals surface area (Å²) in [5.41, 5.74) is 2.55. The molecule has 26 heavy (non-hydrogen) atoms. The van der Waals surface area contributed by atoms with Gasteiger partial charge in [0.2, 0.25) is 11.8 Å². The summed E-state index contributed by atoms with van der Waals surface area (Å²) >= 11 is 0. The third-order valence-electron chi connectivity index (χ3n) is 5.16. The van der Waals surface area contributed by atoms with E-state index < -0.39 is 0 Å². The number of nitrogens with zero attached hydrogens (tertiary/aromatic N) is 2. The minimum absolute atomic E-state index is 0.167. The zero-order valence-electron chi connectivity index (χ0n) is 16.4. The normalized spacial score (nSPS) is 15.1. The predicted molar refractivity (Wildman–Crippen MR) is 103 cm³/mol. The van der Waals surface area contributed by atoms with Crippen molar-refractivity contribution in [1.82, 2.24) is 9.80 Å². The van der Waals surface area contributed by atoms with Crippen LogP contribution in [0.25, 0.3) is 0 Å². The first-order valence-electron chi connectivity index (χ1n) is 9.54. The molecule has 0 saturated carbocycles. The molecule has 0 spiro atoms. The molecule has 2 amide bonds. The quantitative estimate of drug-likeness (QED) is 0.716. The first-order chi connectivity index (χ1) is 12.5. The van der Waals surface area contributed by atoms with E-state index in [0.717, 1.165) is 38.8 Å². The predicted octanol–water partition coefficient (Wildman–Crippen LogP) is 2.53. The Morgan fingerprint density at radius 2 is 1.69 bits per heavy atom. The van der Waals surface area contributed by atoms with E-state index >= 15 is 0 Å². The lowest BCUT2D eigenvalue weighted by Crippen LogP contribution is -2.39. The van der Waals surface area contributed by atoms with Crippen molar-refractivity contribution in [3.8, 4) is 0 Å². The molecule has 1 fully saturated rings. The van der Waals surface area contributed by atoms with Crippen molar-refractivity contribution >= 4 is 11.8 Å². The van der Waals surface area contributed by atoms with E-state index in [0.29, 0.717) is 25.4 Å². The van der Waals surface area contributed by atoms with Crippen molar-refractivity contribution in [1.29, 1.82) is 0 Å². The van der Waals surface area contributed by atoms with Crippen LogP contribution in [0.5, 0.6) is 0 Å². The van der Waals surface area contributed by atoms with E-state index in [1.54, 1.807) is 26.1 Å². The molecule has 5 nitrogen and oxygen atoms in total. The minimum Gasteiger partial charge on any atom is -0.384 e. The molecule has 5 heteroatoms. The van der Waals surface area contributed by atoms with Crippen LogP contribution in [0.4, 0.5) is 0 Å². The van der Waals surface area contributed by atoms with Crippen molar-refractivity contribution in [2.75, 3.05) is 40.9 Å². The highest BCUT2D eigenvalue weighted by molar-refractivity contribution is 5.76. The number of rotatable bonds is 8. The Balaban J connectivity index is 1.74. The Hall–Kier alpha value is -1.88. The summed E-state index contributed by atoms with van der Waals surface area (Å²) in [6.45, 7) is 2.22. The minimum atomic E-state index is 0.167. The lowest BCUT2D eigenvalue weighted by atomic mass is 9.89. The highest BCUT2D eigenvalue weighted by atomic mass is 16.5. The van der Waals surface area contributed by atoms with Crippen LogP contribution in [0.1, 0.15) is 36.8 Å². The molecule has 0 aromatic heterocycles. The van der Waals surface area contributed by atoms with Crippen LogP contribution in [-0.2, 0) is 27.2 Å². The number of piperidine rings is 1. The van der Waals surface area contributed by atoms with Gasteiger partial charge in [0.25, 0.3) is 0 Å². The van der Waals surface area contributed by atoms with Gasteiger partial charge in [0, 0.05) is 40.7 Å². The highest BCUT2D eigenvalue weighted by Crippen LogP contribution is 2.22. The Labute approximate surface area is 157 Å². The van der Waals surface area contributed by atoms with Gasteiger partial charge < -0.3 is 14.5 Å². The molecular formula is C21H32N2O3. The lowest BCUT2D eigenvalue weighted by Gasteiger charge is -2.32. The first-order valence-corrected chi connectivity index (χ1v) is 9.54. The van der Waals surface area contributed by atoms with E-state index in [1.807, 2.05) is 4.90 Å². The number of hydrogen-bond donors (Lipinski definition) is 0. The van der Waals surface area contributed by atoms with E-state index in [2.05, 4.69) is 24.3 Å². The Morgan fingerprint density at radius 1 is 1.08 bits per heavy atom. The molecule has 1 aliphatic heterocycles. The third kappa shape index (κ3) is 6.45. The van der Waals surface area contributed by atoms with Crippen molar-refractivity contribution in [2.24, 2.45) is 5.92 Å². The number of ether oxygens (including phenoxy) is 1. The van der Waals surface area contributed by atoms with Crippen molar-refractivity contribution in [3.63, 3.8) is 0 Å².